The van der Waals surface area contributed by atoms with Gasteiger partial charge in [-0.1, -0.05) is 6.07 Å². The van der Waals surface area contributed by atoms with E-state index in [1.165, 1.54) is 6.08 Å². The number of benzene rings is 1. The van der Waals surface area contributed by atoms with Gasteiger partial charge in [0.1, 0.15) is 0 Å². The van der Waals surface area contributed by atoms with Gasteiger partial charge < -0.3 is 9.15 Å². The van der Waals surface area contributed by atoms with Crippen LogP contribution in [0.2, 0.25) is 0 Å². The van der Waals surface area contributed by atoms with E-state index >= 15 is 0 Å². The number of aromatic amines is 1. The van der Waals surface area contributed by atoms with Gasteiger partial charge in [-0.2, -0.15) is 0 Å². The highest BCUT2D eigenvalue weighted by Crippen LogP contribution is 2.13. The molecule has 2 aromatic rings. The van der Waals surface area contributed by atoms with Crippen molar-refractivity contribution in [3.05, 3.63) is 40.4 Å². The molecule has 0 fully saturated rings. The normalized spacial score (nSPS) is 11.1. The van der Waals surface area contributed by atoms with Crippen molar-refractivity contribution in [3.63, 3.8) is 0 Å². The summed E-state index contributed by atoms with van der Waals surface area (Å²) in [5.41, 5.74) is 1.84. The van der Waals surface area contributed by atoms with Gasteiger partial charge in [0.15, 0.2) is 5.58 Å². The summed E-state index contributed by atoms with van der Waals surface area (Å²) in [6, 6.07) is 5.15. The number of H-pyrrole nitrogens is 1. The van der Waals surface area contributed by atoms with E-state index in [9.17, 15) is 9.59 Å². The molecule has 0 atom stereocenters. The lowest BCUT2D eigenvalue weighted by Crippen LogP contribution is -1.98. The molecular formula is C12H11NO4. The summed E-state index contributed by atoms with van der Waals surface area (Å²) in [7, 11) is 0. The van der Waals surface area contributed by atoms with Gasteiger partial charge in [0, 0.05) is 6.08 Å². The number of hydrogen-bond acceptors (Lipinski definition) is 4. The van der Waals surface area contributed by atoms with E-state index < -0.39 is 11.7 Å². The largest absolute Gasteiger partial charge is 0.463 e. The Balaban J connectivity index is 2.24. The molecule has 88 valence electrons. The molecule has 0 radical (unpaired) electrons. The summed E-state index contributed by atoms with van der Waals surface area (Å²) in [6.07, 6.45) is 2.93. The van der Waals surface area contributed by atoms with Crippen LogP contribution in [-0.4, -0.2) is 17.6 Å². The maximum absolute atomic E-state index is 11.1. The number of carbonyl (C=O) groups excluding carboxylic acids is 1. The van der Waals surface area contributed by atoms with Crippen molar-refractivity contribution in [2.24, 2.45) is 0 Å². The van der Waals surface area contributed by atoms with Gasteiger partial charge in [0.2, 0.25) is 0 Å². The zero-order valence-corrected chi connectivity index (χ0v) is 9.23. The number of nitrogens with one attached hydrogen (secondary N) is 1. The molecule has 0 unspecified atom stereocenters. The minimum atomic E-state index is -0.494. The molecule has 0 aliphatic heterocycles. The number of fused-ring (bicyclic) bond motifs is 1. The fraction of sp³-hybridized carbons (Fsp3) is 0.167. The first-order valence-corrected chi connectivity index (χ1v) is 5.17. The molecule has 1 heterocycles. The molecule has 17 heavy (non-hydrogen) atoms. The highest BCUT2D eigenvalue weighted by atomic mass is 16.5. The van der Waals surface area contributed by atoms with Crippen LogP contribution in [0.3, 0.4) is 0 Å². The Bertz CT molecular complexity index is 621. The van der Waals surface area contributed by atoms with Gasteiger partial charge in [-0.15, -0.1) is 0 Å². The van der Waals surface area contributed by atoms with Crippen LogP contribution in [0.15, 0.2) is 33.5 Å². The molecule has 0 aliphatic rings. The van der Waals surface area contributed by atoms with Crippen LogP contribution in [0, 0.1) is 0 Å². The lowest BCUT2D eigenvalue weighted by Gasteiger charge is -1.95. The molecule has 1 aromatic carbocycles. The van der Waals surface area contributed by atoms with Crippen LogP contribution in [0.5, 0.6) is 0 Å². The summed E-state index contributed by atoms with van der Waals surface area (Å²) in [6.45, 7) is 2.08. The van der Waals surface area contributed by atoms with Gasteiger partial charge in [-0.3, -0.25) is 4.98 Å². The molecule has 5 heteroatoms. The van der Waals surface area contributed by atoms with Crippen molar-refractivity contribution in [3.8, 4) is 0 Å². The number of rotatable bonds is 3. The minimum Gasteiger partial charge on any atom is -0.463 e. The third kappa shape index (κ3) is 2.63. The van der Waals surface area contributed by atoms with Gasteiger partial charge in [0.25, 0.3) is 0 Å². The first-order valence-electron chi connectivity index (χ1n) is 5.17. The first-order chi connectivity index (χ1) is 8.19. The summed E-state index contributed by atoms with van der Waals surface area (Å²) < 4.78 is 9.65. The second-order valence-electron chi connectivity index (χ2n) is 3.36. The molecule has 5 nitrogen and oxygen atoms in total. The lowest BCUT2D eigenvalue weighted by atomic mass is 10.2. The van der Waals surface area contributed by atoms with Gasteiger partial charge in [0.05, 0.1) is 12.1 Å². The smallest absolute Gasteiger partial charge is 0.417 e. The van der Waals surface area contributed by atoms with Crippen molar-refractivity contribution in [1.29, 1.82) is 0 Å². The van der Waals surface area contributed by atoms with Crippen LogP contribution < -0.4 is 5.76 Å². The second-order valence-corrected chi connectivity index (χ2v) is 3.36. The van der Waals surface area contributed by atoms with Crippen LogP contribution >= 0.6 is 0 Å². The van der Waals surface area contributed by atoms with E-state index in [0.717, 1.165) is 5.56 Å². The number of ether oxygens (including phenoxy) is 1. The SMILES string of the molecule is CCOC(=O)C=Cc1ccc2[nH]c(=O)oc2c1. The predicted octanol–water partition coefficient (Wildman–Crippen LogP) is 1.70. The van der Waals surface area contributed by atoms with Crippen molar-refractivity contribution in [2.75, 3.05) is 6.61 Å². The third-order valence-corrected chi connectivity index (χ3v) is 2.14. The standard InChI is InChI=1S/C12H11NO4/c1-2-16-11(14)6-4-8-3-5-9-10(7-8)17-12(15)13-9/h3-7H,2H2,1H3,(H,13,15). The number of esters is 1. The maximum Gasteiger partial charge on any atom is 0.417 e. The molecule has 0 spiro atoms. The van der Waals surface area contributed by atoms with Crippen molar-refractivity contribution >= 4 is 23.1 Å². The summed E-state index contributed by atoms with van der Waals surface area (Å²) in [5.74, 6) is -0.894. The lowest BCUT2D eigenvalue weighted by molar-refractivity contribution is -0.137. The summed E-state index contributed by atoms with van der Waals surface area (Å²) >= 11 is 0. The average molecular weight is 233 g/mol. The summed E-state index contributed by atoms with van der Waals surface area (Å²) in [5, 5.41) is 0. The number of carbonyl (C=O) groups is 1. The Morgan fingerprint density at radius 3 is 3.12 bits per heavy atom. The predicted molar refractivity (Wildman–Crippen MR) is 62.5 cm³/mol. The van der Waals surface area contributed by atoms with Crippen molar-refractivity contribution < 1.29 is 13.9 Å². The monoisotopic (exact) mass is 233 g/mol. The maximum atomic E-state index is 11.1. The number of hydrogen-bond donors (Lipinski definition) is 1. The second kappa shape index (κ2) is 4.69. The van der Waals surface area contributed by atoms with Gasteiger partial charge in [-0.05, 0) is 30.7 Å². The zero-order chi connectivity index (χ0) is 12.3. The highest BCUT2D eigenvalue weighted by molar-refractivity contribution is 5.88. The molecule has 0 bridgehead atoms. The van der Waals surface area contributed by atoms with Crippen LogP contribution in [-0.2, 0) is 9.53 Å². The fourth-order valence-electron chi connectivity index (χ4n) is 1.42. The van der Waals surface area contributed by atoms with Crippen LogP contribution in [0.1, 0.15) is 12.5 Å². The molecule has 1 N–H and O–H groups in total. The Morgan fingerprint density at radius 2 is 2.35 bits per heavy atom. The van der Waals surface area contributed by atoms with Crippen LogP contribution in [0.25, 0.3) is 17.2 Å². The van der Waals surface area contributed by atoms with E-state index in [-0.39, 0.29) is 0 Å². The van der Waals surface area contributed by atoms with Gasteiger partial charge in [-0.25, -0.2) is 9.59 Å². The quantitative estimate of drug-likeness (QED) is 0.646. The Morgan fingerprint density at radius 1 is 1.53 bits per heavy atom. The average Bonchev–Trinajstić information content (AvgIpc) is 2.66. The summed E-state index contributed by atoms with van der Waals surface area (Å²) in [4.78, 5) is 24.6. The van der Waals surface area contributed by atoms with Crippen LogP contribution in [0.4, 0.5) is 0 Å². The molecular weight excluding hydrogens is 222 g/mol. The molecule has 2 rings (SSSR count). The Hall–Kier alpha value is -2.30. The van der Waals surface area contributed by atoms with E-state index in [1.807, 2.05) is 0 Å². The van der Waals surface area contributed by atoms with Crippen molar-refractivity contribution in [1.82, 2.24) is 4.98 Å². The van der Waals surface area contributed by atoms with Gasteiger partial charge >= 0.3 is 11.7 Å². The molecule has 0 amide bonds. The van der Waals surface area contributed by atoms with E-state index in [1.54, 1.807) is 31.2 Å². The van der Waals surface area contributed by atoms with E-state index in [0.29, 0.717) is 17.7 Å². The number of aromatic nitrogens is 1. The van der Waals surface area contributed by atoms with E-state index in [4.69, 9.17) is 9.15 Å². The first kappa shape index (κ1) is 11.2. The van der Waals surface area contributed by atoms with Crippen molar-refractivity contribution in [2.45, 2.75) is 6.92 Å². The molecule has 0 saturated carbocycles. The Kier molecular flexibility index (Phi) is 3.09. The highest BCUT2D eigenvalue weighted by Gasteiger charge is 2.01. The topological polar surface area (TPSA) is 72.3 Å². The molecule has 1 aromatic heterocycles. The number of oxazole rings is 1. The van der Waals surface area contributed by atoms with E-state index in [2.05, 4.69) is 4.98 Å². The zero-order valence-electron chi connectivity index (χ0n) is 9.23. The fourth-order valence-corrected chi connectivity index (χ4v) is 1.42. The molecule has 0 aliphatic carbocycles. The Labute approximate surface area is 96.7 Å². The minimum absolute atomic E-state index is 0.342. The molecule has 0 saturated heterocycles. The third-order valence-electron chi connectivity index (χ3n) is 2.14.